The van der Waals surface area contributed by atoms with Crippen molar-refractivity contribution in [1.29, 1.82) is 0 Å². The number of nitrogens with zero attached hydrogens (tertiary/aromatic N) is 2. The molecule has 0 aliphatic carbocycles. The van der Waals surface area contributed by atoms with Crippen LogP contribution >= 0.6 is 23.2 Å². The summed E-state index contributed by atoms with van der Waals surface area (Å²) >= 11 is 12.0. The number of sulfonamides is 1. The highest BCUT2D eigenvalue weighted by atomic mass is 35.5. The second kappa shape index (κ2) is 11.7. The monoisotopic (exact) mass is 513 g/mol. The number of carbonyl (C=O) groups is 2. The van der Waals surface area contributed by atoms with E-state index in [2.05, 4.69) is 5.32 Å². The molecule has 0 saturated heterocycles. The standard InChI is InChI=1S/C23H29Cl2N3O4S/c1-5-16(2)26-23(30)17(3)27(14-18-9-7-6-8-10-18)22(29)15-28(33(4,31)32)19-11-12-20(24)21(25)13-19/h6-13,16-17H,5,14-15H2,1-4H3,(H,26,30)/t16-,17-/m1/s1. The zero-order chi connectivity index (χ0) is 24.8. The summed E-state index contributed by atoms with van der Waals surface area (Å²) in [6, 6.07) is 12.7. The van der Waals surface area contributed by atoms with E-state index < -0.39 is 28.5 Å². The van der Waals surface area contributed by atoms with Gasteiger partial charge in [0.25, 0.3) is 0 Å². The summed E-state index contributed by atoms with van der Waals surface area (Å²) in [5, 5.41) is 3.31. The molecule has 0 aliphatic heterocycles. The second-order valence-corrected chi connectivity index (χ2v) is 10.6. The van der Waals surface area contributed by atoms with Crippen molar-refractivity contribution in [1.82, 2.24) is 10.2 Å². The van der Waals surface area contributed by atoms with Gasteiger partial charge in [0.15, 0.2) is 0 Å². The highest BCUT2D eigenvalue weighted by Crippen LogP contribution is 2.28. The maximum Gasteiger partial charge on any atom is 0.244 e. The van der Waals surface area contributed by atoms with Crippen LogP contribution in [0.25, 0.3) is 0 Å². The third-order valence-electron chi connectivity index (χ3n) is 5.23. The van der Waals surface area contributed by atoms with Gasteiger partial charge >= 0.3 is 0 Å². The molecule has 0 unspecified atom stereocenters. The molecule has 2 amide bonds. The van der Waals surface area contributed by atoms with E-state index >= 15 is 0 Å². The lowest BCUT2D eigenvalue weighted by atomic mass is 10.1. The molecule has 0 aliphatic rings. The molecule has 33 heavy (non-hydrogen) atoms. The summed E-state index contributed by atoms with van der Waals surface area (Å²) in [6.07, 6.45) is 1.74. The van der Waals surface area contributed by atoms with Crippen LogP contribution in [0.15, 0.2) is 48.5 Å². The van der Waals surface area contributed by atoms with Gasteiger partial charge in [-0.2, -0.15) is 0 Å². The molecule has 0 spiro atoms. The Kier molecular flexibility index (Phi) is 9.57. The number of anilines is 1. The summed E-state index contributed by atoms with van der Waals surface area (Å²) in [5.41, 5.74) is 1.02. The van der Waals surface area contributed by atoms with Crippen LogP contribution in [0.3, 0.4) is 0 Å². The number of hydrogen-bond acceptors (Lipinski definition) is 4. The van der Waals surface area contributed by atoms with E-state index in [1.54, 1.807) is 6.92 Å². The topological polar surface area (TPSA) is 86.8 Å². The molecule has 2 atom stereocenters. The normalized spacial score (nSPS) is 13.2. The third-order valence-corrected chi connectivity index (χ3v) is 7.11. The van der Waals surface area contributed by atoms with Gasteiger partial charge in [-0.05, 0) is 44.0 Å². The lowest BCUT2D eigenvalue weighted by molar-refractivity contribution is -0.139. The van der Waals surface area contributed by atoms with Gasteiger partial charge in [0, 0.05) is 12.6 Å². The average molecular weight is 514 g/mol. The largest absolute Gasteiger partial charge is 0.352 e. The quantitative estimate of drug-likeness (QED) is 0.518. The van der Waals surface area contributed by atoms with Gasteiger partial charge < -0.3 is 10.2 Å². The Labute approximate surface area is 205 Å². The number of hydrogen-bond donors (Lipinski definition) is 1. The van der Waals surface area contributed by atoms with Gasteiger partial charge in [-0.3, -0.25) is 13.9 Å². The zero-order valence-corrected chi connectivity index (χ0v) is 21.4. The van der Waals surface area contributed by atoms with E-state index in [9.17, 15) is 18.0 Å². The summed E-state index contributed by atoms with van der Waals surface area (Å²) in [6.45, 7) is 5.11. The Morgan fingerprint density at radius 3 is 2.21 bits per heavy atom. The molecule has 180 valence electrons. The summed E-state index contributed by atoms with van der Waals surface area (Å²) < 4.78 is 26.0. The number of carbonyl (C=O) groups excluding carboxylic acids is 2. The van der Waals surface area contributed by atoms with Gasteiger partial charge in [0.05, 0.1) is 22.0 Å². The fourth-order valence-electron chi connectivity index (χ4n) is 3.08. The van der Waals surface area contributed by atoms with Crippen molar-refractivity contribution in [3.8, 4) is 0 Å². The molecule has 2 aromatic rings. The summed E-state index contributed by atoms with van der Waals surface area (Å²) in [4.78, 5) is 27.6. The fraction of sp³-hybridized carbons (Fsp3) is 0.391. The van der Waals surface area contributed by atoms with Gasteiger partial charge in [-0.15, -0.1) is 0 Å². The van der Waals surface area contributed by atoms with E-state index in [0.29, 0.717) is 0 Å². The number of amides is 2. The van der Waals surface area contributed by atoms with E-state index in [1.165, 1.54) is 23.1 Å². The molecule has 7 nitrogen and oxygen atoms in total. The SMILES string of the molecule is CC[C@@H](C)NC(=O)[C@@H](C)N(Cc1ccccc1)C(=O)CN(c1ccc(Cl)c(Cl)c1)S(C)(=O)=O. The Balaban J connectivity index is 2.38. The van der Waals surface area contributed by atoms with Crippen LogP contribution < -0.4 is 9.62 Å². The van der Waals surface area contributed by atoms with Crippen LogP contribution in [-0.4, -0.2) is 50.0 Å². The maximum absolute atomic E-state index is 13.4. The predicted molar refractivity (Wildman–Crippen MR) is 133 cm³/mol. The molecule has 2 aromatic carbocycles. The molecule has 0 saturated carbocycles. The van der Waals surface area contributed by atoms with Gasteiger partial charge in [-0.25, -0.2) is 8.42 Å². The van der Waals surface area contributed by atoms with Crippen LogP contribution in [0.1, 0.15) is 32.8 Å². The number of benzene rings is 2. The summed E-state index contributed by atoms with van der Waals surface area (Å²) in [5.74, 6) is -0.837. The first-order valence-electron chi connectivity index (χ1n) is 10.5. The number of rotatable bonds is 10. The Bertz CT molecular complexity index is 1080. The molecule has 0 heterocycles. The first-order valence-corrected chi connectivity index (χ1v) is 13.1. The fourth-order valence-corrected chi connectivity index (χ4v) is 4.22. The number of halogens is 2. The van der Waals surface area contributed by atoms with Crippen LogP contribution in [0, 0.1) is 0 Å². The van der Waals surface area contributed by atoms with Crippen LogP contribution in [0.2, 0.25) is 10.0 Å². The van der Waals surface area contributed by atoms with Crippen molar-refractivity contribution in [2.75, 3.05) is 17.1 Å². The van der Waals surface area contributed by atoms with E-state index in [1.807, 2.05) is 44.2 Å². The van der Waals surface area contributed by atoms with Crippen molar-refractivity contribution in [2.45, 2.75) is 45.8 Å². The minimum absolute atomic E-state index is 0.0580. The second-order valence-electron chi connectivity index (χ2n) is 7.87. The van der Waals surface area contributed by atoms with Gasteiger partial charge in [0.1, 0.15) is 12.6 Å². The lowest BCUT2D eigenvalue weighted by Gasteiger charge is -2.32. The highest BCUT2D eigenvalue weighted by molar-refractivity contribution is 7.92. The van der Waals surface area contributed by atoms with E-state index in [-0.39, 0.29) is 34.2 Å². The van der Waals surface area contributed by atoms with Crippen LogP contribution in [0.4, 0.5) is 5.69 Å². The molecule has 10 heteroatoms. The molecular weight excluding hydrogens is 485 g/mol. The maximum atomic E-state index is 13.4. The molecule has 0 aromatic heterocycles. The number of nitrogens with one attached hydrogen (secondary N) is 1. The summed E-state index contributed by atoms with van der Waals surface area (Å²) in [7, 11) is -3.83. The Morgan fingerprint density at radius 2 is 1.67 bits per heavy atom. The molecule has 2 rings (SSSR count). The smallest absolute Gasteiger partial charge is 0.244 e. The molecule has 1 N–H and O–H groups in total. The molecular formula is C23H29Cl2N3O4S. The Hall–Kier alpha value is -2.29. The lowest BCUT2D eigenvalue weighted by Crippen LogP contribution is -2.52. The predicted octanol–water partition coefficient (Wildman–Crippen LogP) is 4.09. The van der Waals surface area contributed by atoms with Gasteiger partial charge in [0.2, 0.25) is 21.8 Å². The van der Waals surface area contributed by atoms with Crippen molar-refractivity contribution in [2.24, 2.45) is 0 Å². The van der Waals surface area contributed by atoms with Crippen LogP contribution in [-0.2, 0) is 26.2 Å². The van der Waals surface area contributed by atoms with Crippen molar-refractivity contribution < 1.29 is 18.0 Å². The molecule has 0 fully saturated rings. The highest BCUT2D eigenvalue weighted by Gasteiger charge is 2.30. The first-order chi connectivity index (χ1) is 15.4. The molecule has 0 radical (unpaired) electrons. The van der Waals surface area contributed by atoms with Crippen molar-refractivity contribution in [3.05, 3.63) is 64.1 Å². The minimum atomic E-state index is -3.83. The minimum Gasteiger partial charge on any atom is -0.352 e. The Morgan fingerprint density at radius 1 is 1.03 bits per heavy atom. The van der Waals surface area contributed by atoms with Crippen molar-refractivity contribution >= 4 is 50.7 Å². The average Bonchev–Trinajstić information content (AvgIpc) is 2.76. The zero-order valence-electron chi connectivity index (χ0n) is 19.1. The van der Waals surface area contributed by atoms with E-state index in [4.69, 9.17) is 23.2 Å². The molecule has 0 bridgehead atoms. The van der Waals surface area contributed by atoms with Crippen molar-refractivity contribution in [3.63, 3.8) is 0 Å². The van der Waals surface area contributed by atoms with Gasteiger partial charge in [-0.1, -0.05) is 60.5 Å². The first kappa shape index (κ1) is 27.0. The van der Waals surface area contributed by atoms with Crippen LogP contribution in [0.5, 0.6) is 0 Å². The van der Waals surface area contributed by atoms with E-state index in [0.717, 1.165) is 22.5 Å². The third kappa shape index (κ3) is 7.62.